The lowest BCUT2D eigenvalue weighted by molar-refractivity contribution is -0.133. The van der Waals surface area contributed by atoms with Gasteiger partial charge in [0.05, 0.1) is 17.3 Å². The van der Waals surface area contributed by atoms with Gasteiger partial charge in [0.1, 0.15) is 5.78 Å². The zero-order valence-electron chi connectivity index (χ0n) is 33.7. The van der Waals surface area contributed by atoms with Crippen molar-refractivity contribution in [3.63, 3.8) is 0 Å². The zero-order valence-corrected chi connectivity index (χ0v) is 33.7. The molecular weight excluding hydrogens is 687 g/mol. The van der Waals surface area contributed by atoms with Gasteiger partial charge in [-0.05, 0) is 134 Å². The summed E-state index contributed by atoms with van der Waals surface area (Å²) < 4.78 is 0. The van der Waals surface area contributed by atoms with Gasteiger partial charge in [-0.1, -0.05) is 99.4 Å². The lowest BCUT2D eigenvalue weighted by Gasteiger charge is -2.28. The molecule has 1 atom stereocenters. The molecule has 0 bridgehead atoms. The molecule has 0 spiro atoms. The van der Waals surface area contributed by atoms with Crippen LogP contribution < -0.4 is 0 Å². The number of hydrogen-bond donors (Lipinski definition) is 1. The van der Waals surface area contributed by atoms with Crippen LogP contribution in [0.15, 0.2) is 72.3 Å². The van der Waals surface area contributed by atoms with Gasteiger partial charge in [-0.25, -0.2) is 0 Å². The van der Waals surface area contributed by atoms with E-state index in [1.807, 2.05) is 0 Å². The van der Waals surface area contributed by atoms with Gasteiger partial charge in [0.2, 0.25) is 5.91 Å². The standard InChI is InChI=1S/C51H59N3O2/c1-33-27-48(49-17-10-26-54(49)50(56)29-36-13-7-4-8-14-36)52-47-32-40(22-24-43(33)47)38-20-18-37(19-21-38)39-23-25-46-45(31-39)34(2)51(53-46)44-16-9-15-41(44)30-42(55)28-35-11-5-3-6-12-35/h18-25,27,31-32,35-36,49,53H,3-17,26,28-30H2,1-2H3. The van der Waals surface area contributed by atoms with E-state index in [1.165, 1.54) is 120 Å². The number of Topliss-reactive ketones (excluding diaryl/α,β-unsaturated/α-hetero) is 1. The summed E-state index contributed by atoms with van der Waals surface area (Å²) in [5, 5.41) is 2.44. The topological polar surface area (TPSA) is 66.1 Å². The average molecular weight is 746 g/mol. The highest BCUT2D eigenvalue weighted by Crippen LogP contribution is 2.41. The molecule has 0 radical (unpaired) electrons. The Kier molecular flexibility index (Phi) is 10.7. The Morgan fingerprint density at radius 2 is 1.34 bits per heavy atom. The summed E-state index contributed by atoms with van der Waals surface area (Å²) in [6.07, 6.45) is 20.0. The molecular formula is C51H59N3O2. The Balaban J connectivity index is 0.925. The number of likely N-dealkylation sites (tertiary alicyclic amines) is 1. The maximum Gasteiger partial charge on any atom is 0.223 e. The van der Waals surface area contributed by atoms with E-state index in [2.05, 4.69) is 90.5 Å². The van der Waals surface area contributed by atoms with Crippen LogP contribution in [0.25, 0.3) is 49.6 Å². The Hall–Kier alpha value is -4.51. The van der Waals surface area contributed by atoms with Gasteiger partial charge in [-0.2, -0.15) is 0 Å². The second kappa shape index (κ2) is 16.2. The smallest absolute Gasteiger partial charge is 0.223 e. The molecule has 5 nitrogen and oxygen atoms in total. The first-order valence-electron chi connectivity index (χ1n) is 22.0. The first kappa shape index (κ1) is 37.1. The maximum absolute atomic E-state index is 13.5. The van der Waals surface area contributed by atoms with E-state index in [0.717, 1.165) is 67.4 Å². The van der Waals surface area contributed by atoms with Crippen molar-refractivity contribution in [2.75, 3.05) is 6.54 Å². The minimum Gasteiger partial charge on any atom is -0.355 e. The number of H-pyrrole nitrogens is 1. The van der Waals surface area contributed by atoms with Gasteiger partial charge in [0, 0.05) is 47.8 Å². The van der Waals surface area contributed by atoms with Crippen LogP contribution in [0.4, 0.5) is 0 Å². The number of nitrogens with zero attached hydrogens (tertiary/aromatic N) is 2. The number of aromatic amines is 1. The first-order valence-corrected chi connectivity index (χ1v) is 22.0. The number of hydrogen-bond acceptors (Lipinski definition) is 3. The second-order valence-corrected chi connectivity index (χ2v) is 17.9. The van der Waals surface area contributed by atoms with Crippen LogP contribution in [0.2, 0.25) is 0 Å². The van der Waals surface area contributed by atoms with Gasteiger partial charge in [0.25, 0.3) is 0 Å². The number of aryl methyl sites for hydroxylation is 2. The summed E-state index contributed by atoms with van der Waals surface area (Å²) >= 11 is 0. The van der Waals surface area contributed by atoms with Crippen molar-refractivity contribution in [1.29, 1.82) is 0 Å². The second-order valence-electron chi connectivity index (χ2n) is 17.9. The number of pyridine rings is 1. The molecule has 1 amide bonds. The molecule has 5 aromatic rings. The number of ketones is 1. The fraction of sp³-hybridized carbons (Fsp3) is 0.471. The van der Waals surface area contributed by atoms with Crippen LogP contribution in [0, 0.1) is 25.7 Å². The Bertz CT molecular complexity index is 2280. The number of nitrogens with one attached hydrogen (secondary N) is 1. The largest absolute Gasteiger partial charge is 0.355 e. The van der Waals surface area contributed by atoms with Crippen LogP contribution >= 0.6 is 0 Å². The average Bonchev–Trinajstić information content (AvgIpc) is 3.98. The van der Waals surface area contributed by atoms with Crippen molar-refractivity contribution in [2.45, 2.75) is 135 Å². The summed E-state index contributed by atoms with van der Waals surface area (Å²) in [4.78, 5) is 37.9. The molecule has 4 aliphatic rings. The zero-order chi connectivity index (χ0) is 38.2. The van der Waals surface area contributed by atoms with E-state index >= 15 is 0 Å². The van der Waals surface area contributed by atoms with Gasteiger partial charge in [0.15, 0.2) is 0 Å². The molecule has 1 unspecified atom stereocenters. The quantitative estimate of drug-likeness (QED) is 0.155. The number of amides is 1. The number of carbonyl (C=O) groups excluding carboxylic acids is 2. The Morgan fingerprint density at radius 3 is 2.07 bits per heavy atom. The number of fused-ring (bicyclic) bond motifs is 2. The van der Waals surface area contributed by atoms with Gasteiger partial charge in [-0.3, -0.25) is 14.6 Å². The lowest BCUT2D eigenvalue weighted by Crippen LogP contribution is -2.32. The minimum atomic E-state index is 0.0753. The van der Waals surface area contributed by atoms with Crippen molar-refractivity contribution in [1.82, 2.24) is 14.9 Å². The molecule has 5 heteroatoms. The molecule has 3 aromatic carbocycles. The minimum absolute atomic E-state index is 0.0753. The van der Waals surface area contributed by atoms with Crippen molar-refractivity contribution in [3.05, 3.63) is 94.8 Å². The highest BCUT2D eigenvalue weighted by atomic mass is 16.2. The number of allylic oxidation sites excluding steroid dienone is 2. The molecule has 1 N–H and O–H groups in total. The molecule has 2 aromatic heterocycles. The van der Waals surface area contributed by atoms with Gasteiger partial charge >= 0.3 is 0 Å². The molecule has 1 saturated heterocycles. The van der Waals surface area contributed by atoms with E-state index in [-0.39, 0.29) is 6.04 Å². The van der Waals surface area contributed by atoms with Gasteiger partial charge < -0.3 is 9.88 Å². The Labute approximate surface area is 333 Å². The molecule has 3 fully saturated rings. The Morgan fingerprint density at radius 1 is 0.679 bits per heavy atom. The van der Waals surface area contributed by atoms with Crippen LogP contribution in [0.1, 0.15) is 144 Å². The third-order valence-corrected chi connectivity index (χ3v) is 14.0. The first-order chi connectivity index (χ1) is 27.4. The molecule has 3 heterocycles. The van der Waals surface area contributed by atoms with Gasteiger partial charge in [-0.15, -0.1) is 0 Å². The van der Waals surface area contributed by atoms with E-state index < -0.39 is 0 Å². The summed E-state index contributed by atoms with van der Waals surface area (Å²) in [5.41, 5.74) is 14.5. The third-order valence-electron chi connectivity index (χ3n) is 14.0. The maximum atomic E-state index is 13.5. The number of carbonyl (C=O) groups is 2. The van der Waals surface area contributed by atoms with E-state index in [4.69, 9.17) is 4.98 Å². The monoisotopic (exact) mass is 745 g/mol. The van der Waals surface area contributed by atoms with Crippen LogP contribution in [0.3, 0.4) is 0 Å². The number of aromatic nitrogens is 2. The van der Waals surface area contributed by atoms with Crippen LogP contribution in [-0.2, 0) is 9.59 Å². The van der Waals surface area contributed by atoms with Crippen molar-refractivity contribution in [3.8, 4) is 22.3 Å². The summed E-state index contributed by atoms with van der Waals surface area (Å²) in [7, 11) is 0. The number of benzene rings is 3. The summed E-state index contributed by atoms with van der Waals surface area (Å²) in [6, 6.07) is 24.7. The van der Waals surface area contributed by atoms with E-state index in [0.29, 0.717) is 36.4 Å². The highest BCUT2D eigenvalue weighted by Gasteiger charge is 2.33. The van der Waals surface area contributed by atoms with Crippen LogP contribution in [-0.4, -0.2) is 33.1 Å². The predicted octanol–water partition coefficient (Wildman–Crippen LogP) is 13.2. The van der Waals surface area contributed by atoms with Crippen molar-refractivity contribution in [2.24, 2.45) is 11.8 Å². The predicted molar refractivity (Wildman–Crippen MR) is 230 cm³/mol. The van der Waals surface area contributed by atoms with E-state index in [1.54, 1.807) is 0 Å². The molecule has 290 valence electrons. The summed E-state index contributed by atoms with van der Waals surface area (Å²) in [6.45, 7) is 5.27. The fourth-order valence-corrected chi connectivity index (χ4v) is 10.9. The molecule has 2 saturated carbocycles. The number of rotatable bonds is 10. The molecule has 1 aliphatic heterocycles. The molecule has 9 rings (SSSR count). The van der Waals surface area contributed by atoms with Crippen molar-refractivity contribution < 1.29 is 9.59 Å². The molecule has 56 heavy (non-hydrogen) atoms. The third kappa shape index (κ3) is 7.63. The normalized spacial score (nSPS) is 19.8. The lowest BCUT2D eigenvalue weighted by atomic mass is 9.84. The van der Waals surface area contributed by atoms with Crippen LogP contribution in [0.5, 0.6) is 0 Å². The van der Waals surface area contributed by atoms with E-state index in [9.17, 15) is 9.59 Å². The fourth-order valence-electron chi connectivity index (χ4n) is 10.9. The van der Waals surface area contributed by atoms with Crippen molar-refractivity contribution >= 4 is 39.1 Å². The summed E-state index contributed by atoms with van der Waals surface area (Å²) in [5.74, 6) is 1.93. The molecule has 3 aliphatic carbocycles. The highest BCUT2D eigenvalue weighted by molar-refractivity contribution is 5.94. The SMILES string of the molecule is Cc1cc(C2CCCN2C(=O)CC2CCCCC2)nc2cc(-c3ccc(-c4ccc5[nH]c(C6=C(CC(=O)CC7CCCCC7)CCC6)c(C)c5c4)cc3)ccc12.